The van der Waals surface area contributed by atoms with Crippen molar-refractivity contribution in [2.24, 2.45) is 0 Å². The lowest BCUT2D eigenvalue weighted by atomic mass is 9.98. The average molecular weight is 667 g/mol. The van der Waals surface area contributed by atoms with E-state index in [0.717, 1.165) is 6.08 Å². The first-order chi connectivity index (χ1) is 22.5. The summed E-state index contributed by atoms with van der Waals surface area (Å²) in [6.45, 7) is -2.49. The summed E-state index contributed by atoms with van der Waals surface area (Å²) in [6.07, 6.45) is -11.6. The molecule has 4 rings (SSSR count). The maximum Gasteiger partial charge on any atom is 0.338 e. The lowest BCUT2D eigenvalue weighted by Crippen LogP contribution is -2.63. The van der Waals surface area contributed by atoms with E-state index in [9.17, 15) is 40.2 Å². The van der Waals surface area contributed by atoms with E-state index in [2.05, 4.69) is 0 Å². The van der Waals surface area contributed by atoms with Crippen LogP contribution in [0.5, 0.6) is 17.2 Å². The highest BCUT2D eigenvalue weighted by Gasteiger charge is 2.60. The topological polar surface area (TPSA) is 229 Å². The predicted molar refractivity (Wildman–Crippen MR) is 157 cm³/mol. The molecule has 258 valence electrons. The molecule has 0 amide bonds. The van der Waals surface area contributed by atoms with Crippen LogP contribution in [0, 0.1) is 0 Å². The maximum absolute atomic E-state index is 13.0. The van der Waals surface area contributed by atoms with Gasteiger partial charge in [-0.3, -0.25) is 0 Å². The van der Waals surface area contributed by atoms with Crippen molar-refractivity contribution in [2.45, 2.75) is 54.8 Å². The molecule has 2 aliphatic heterocycles. The molecule has 0 unspecified atom stereocenters. The Bertz CT molecular complexity index is 1360. The van der Waals surface area contributed by atoms with Crippen molar-refractivity contribution >= 4 is 18.0 Å². The third-order valence-electron chi connectivity index (χ3n) is 7.59. The number of carbonyl (C=O) groups is 2. The third kappa shape index (κ3) is 7.83. The Labute approximate surface area is 269 Å². The zero-order chi connectivity index (χ0) is 34.3. The van der Waals surface area contributed by atoms with E-state index in [-0.39, 0.29) is 5.56 Å². The van der Waals surface area contributed by atoms with E-state index in [0.29, 0.717) is 22.8 Å². The molecule has 0 aromatic heterocycles. The van der Waals surface area contributed by atoms with Gasteiger partial charge in [-0.05, 0) is 35.9 Å². The van der Waals surface area contributed by atoms with E-state index in [1.165, 1.54) is 39.5 Å². The molecule has 47 heavy (non-hydrogen) atoms. The predicted octanol–water partition coefficient (Wildman–Crippen LogP) is -1.24. The quantitative estimate of drug-likeness (QED) is 0.108. The number of methoxy groups -OCH3 is 3. The molecule has 2 aromatic carbocycles. The Balaban J connectivity index is 1.52. The van der Waals surface area contributed by atoms with Crippen molar-refractivity contribution in [2.75, 3.05) is 41.2 Å². The molecule has 2 aromatic rings. The fourth-order valence-electron chi connectivity index (χ4n) is 5.10. The molecule has 2 heterocycles. The van der Waals surface area contributed by atoms with Crippen molar-refractivity contribution in [3.05, 3.63) is 59.7 Å². The van der Waals surface area contributed by atoms with Crippen LogP contribution in [-0.2, 0) is 28.5 Å². The molecule has 0 saturated carbocycles. The number of benzene rings is 2. The maximum atomic E-state index is 13.0. The van der Waals surface area contributed by atoms with Crippen LogP contribution in [0.4, 0.5) is 0 Å². The molecule has 0 bridgehead atoms. The zero-order valence-electron chi connectivity index (χ0n) is 25.7. The standard InChI is InChI=1S/C31H38O16/c1-40-18-11-16(12-19(41-2)27(18)42-3)9-10-22(34)45-28-24(36)20(13-32)46-31(28,15-33)47-30-26(38)25(37)23(35)21(44-30)14-43-29(39)17-7-5-4-6-8-17/h4-12,20-21,23-26,28,30,32-33,35-38H,13-15H2,1-3H3/b10-9+/t20-,21-,23-,24-,25+,26-,28+,30-,31+/m1/s1. The number of hydrogen-bond acceptors (Lipinski definition) is 16. The monoisotopic (exact) mass is 666 g/mol. The second kappa shape index (κ2) is 15.8. The van der Waals surface area contributed by atoms with Gasteiger partial charge in [-0.15, -0.1) is 0 Å². The highest BCUT2D eigenvalue weighted by molar-refractivity contribution is 5.89. The van der Waals surface area contributed by atoms with Crippen LogP contribution in [0.1, 0.15) is 15.9 Å². The Hall–Kier alpha value is -3.84. The van der Waals surface area contributed by atoms with Gasteiger partial charge in [-0.2, -0.15) is 0 Å². The molecule has 0 aliphatic carbocycles. The van der Waals surface area contributed by atoms with Gasteiger partial charge in [0.25, 0.3) is 0 Å². The van der Waals surface area contributed by atoms with Crippen molar-refractivity contribution < 1.29 is 78.1 Å². The van der Waals surface area contributed by atoms with Crippen LogP contribution < -0.4 is 14.2 Å². The molecule has 16 heteroatoms. The first-order valence-corrected chi connectivity index (χ1v) is 14.4. The largest absolute Gasteiger partial charge is 0.493 e. The molecule has 0 spiro atoms. The van der Waals surface area contributed by atoms with Crippen LogP contribution in [0.15, 0.2) is 48.5 Å². The first-order valence-electron chi connectivity index (χ1n) is 14.4. The minimum absolute atomic E-state index is 0.206. The van der Waals surface area contributed by atoms with Crippen molar-refractivity contribution in [3.63, 3.8) is 0 Å². The molecule has 6 N–H and O–H groups in total. The molecular weight excluding hydrogens is 628 g/mol. The van der Waals surface area contributed by atoms with E-state index in [1.807, 2.05) is 0 Å². The normalized spacial score (nSPS) is 30.6. The number of carbonyl (C=O) groups excluding carboxylic acids is 2. The van der Waals surface area contributed by atoms with Gasteiger partial charge in [0.15, 0.2) is 23.9 Å². The van der Waals surface area contributed by atoms with Gasteiger partial charge >= 0.3 is 11.9 Å². The van der Waals surface area contributed by atoms with Gasteiger partial charge in [0, 0.05) is 6.08 Å². The Kier molecular flexibility index (Phi) is 12.1. The molecule has 0 radical (unpaired) electrons. The van der Waals surface area contributed by atoms with Gasteiger partial charge < -0.3 is 68.5 Å². The number of rotatable bonds is 13. The number of aliphatic hydroxyl groups excluding tert-OH is 6. The highest BCUT2D eigenvalue weighted by atomic mass is 16.8. The Morgan fingerprint density at radius 3 is 2.11 bits per heavy atom. The Morgan fingerprint density at radius 1 is 0.872 bits per heavy atom. The van der Waals surface area contributed by atoms with Gasteiger partial charge in [-0.25, -0.2) is 9.59 Å². The summed E-state index contributed by atoms with van der Waals surface area (Å²) in [5.74, 6) is -3.30. The van der Waals surface area contributed by atoms with Gasteiger partial charge in [0.05, 0.1) is 33.5 Å². The minimum atomic E-state index is -2.44. The van der Waals surface area contributed by atoms with Crippen LogP contribution in [0.2, 0.25) is 0 Å². The van der Waals surface area contributed by atoms with Crippen LogP contribution in [-0.4, -0.2) is 139 Å². The van der Waals surface area contributed by atoms with E-state index in [4.69, 9.17) is 37.9 Å². The zero-order valence-corrected chi connectivity index (χ0v) is 25.7. The van der Waals surface area contributed by atoms with Crippen molar-refractivity contribution in [1.82, 2.24) is 0 Å². The molecule has 2 fully saturated rings. The lowest BCUT2D eigenvalue weighted by molar-refractivity contribution is -0.383. The van der Waals surface area contributed by atoms with Crippen molar-refractivity contribution in [1.29, 1.82) is 0 Å². The van der Waals surface area contributed by atoms with Crippen LogP contribution in [0.3, 0.4) is 0 Å². The van der Waals surface area contributed by atoms with Gasteiger partial charge in [-0.1, -0.05) is 18.2 Å². The van der Waals surface area contributed by atoms with Crippen LogP contribution in [0.25, 0.3) is 6.08 Å². The summed E-state index contributed by atoms with van der Waals surface area (Å²) in [6, 6.07) is 11.0. The summed E-state index contributed by atoms with van der Waals surface area (Å²) >= 11 is 0. The lowest BCUT2D eigenvalue weighted by Gasteiger charge is -2.43. The first kappa shape index (κ1) is 36.0. The SMILES string of the molecule is COc1cc(/C=C/C(=O)O[C@H]2[C@H](O)[C@@H](CO)O[C@@]2(CO)O[C@H]2O[C@H](COC(=O)c3ccccc3)[C@@H](O)[C@H](O)[C@H]2O)cc(OC)c1OC. The summed E-state index contributed by atoms with van der Waals surface area (Å²) in [5, 5.41) is 62.8. The summed E-state index contributed by atoms with van der Waals surface area (Å²) in [4.78, 5) is 25.4. The van der Waals surface area contributed by atoms with Crippen LogP contribution >= 0.6 is 0 Å². The van der Waals surface area contributed by atoms with Gasteiger partial charge in [0.2, 0.25) is 11.5 Å². The molecule has 9 atom stereocenters. The van der Waals surface area contributed by atoms with E-state index < -0.39 is 86.6 Å². The van der Waals surface area contributed by atoms with Crippen molar-refractivity contribution in [3.8, 4) is 17.2 Å². The number of esters is 2. The second-order valence-electron chi connectivity index (χ2n) is 10.5. The fraction of sp³-hybridized carbons (Fsp3) is 0.484. The minimum Gasteiger partial charge on any atom is -0.493 e. The summed E-state index contributed by atoms with van der Waals surface area (Å²) in [5.41, 5.74) is 0.639. The summed E-state index contributed by atoms with van der Waals surface area (Å²) < 4.78 is 43.4. The van der Waals surface area contributed by atoms with Gasteiger partial charge in [0.1, 0.15) is 49.8 Å². The molecular formula is C31H38O16. The molecule has 16 nitrogen and oxygen atoms in total. The number of ether oxygens (including phenoxy) is 8. The number of hydrogen-bond donors (Lipinski definition) is 6. The average Bonchev–Trinajstić information content (AvgIpc) is 3.36. The van der Waals surface area contributed by atoms with E-state index >= 15 is 0 Å². The smallest absolute Gasteiger partial charge is 0.338 e. The Morgan fingerprint density at radius 2 is 1.53 bits per heavy atom. The highest BCUT2D eigenvalue weighted by Crippen LogP contribution is 2.40. The molecule has 2 saturated heterocycles. The fourth-order valence-corrected chi connectivity index (χ4v) is 5.10. The summed E-state index contributed by atoms with van der Waals surface area (Å²) in [7, 11) is 4.26. The number of aliphatic hydroxyl groups is 6. The van der Waals surface area contributed by atoms with E-state index in [1.54, 1.807) is 30.3 Å². The second-order valence-corrected chi connectivity index (χ2v) is 10.5. The third-order valence-corrected chi connectivity index (χ3v) is 7.59. The molecule has 2 aliphatic rings.